The van der Waals surface area contributed by atoms with E-state index in [1.165, 1.54) is 18.2 Å². The molecular weight excluding hydrogens is 307 g/mol. The Balaban J connectivity index is 1.68. The molecule has 24 heavy (non-hydrogen) atoms. The summed E-state index contributed by atoms with van der Waals surface area (Å²) in [7, 11) is 0. The molecule has 0 saturated heterocycles. The summed E-state index contributed by atoms with van der Waals surface area (Å²) in [4.78, 5) is 11.9. The van der Waals surface area contributed by atoms with Gasteiger partial charge in [-0.05, 0) is 49.7 Å². The summed E-state index contributed by atoms with van der Waals surface area (Å²) in [5.41, 5.74) is 3.70. The van der Waals surface area contributed by atoms with E-state index in [2.05, 4.69) is 5.10 Å². The topological polar surface area (TPSA) is 44.1 Å². The van der Waals surface area contributed by atoms with E-state index in [4.69, 9.17) is 4.74 Å². The van der Waals surface area contributed by atoms with E-state index in [0.29, 0.717) is 0 Å². The molecule has 1 heterocycles. The number of carbonyl (C=O) groups excluding carboxylic acids is 1. The van der Waals surface area contributed by atoms with Crippen molar-refractivity contribution in [3.8, 4) is 5.69 Å². The third-order valence-corrected chi connectivity index (χ3v) is 3.65. The van der Waals surface area contributed by atoms with E-state index in [9.17, 15) is 9.18 Å². The van der Waals surface area contributed by atoms with E-state index in [1.54, 1.807) is 6.07 Å². The summed E-state index contributed by atoms with van der Waals surface area (Å²) in [6.07, 6.45) is 0. The second kappa shape index (κ2) is 6.66. The lowest BCUT2D eigenvalue weighted by Crippen LogP contribution is -2.07. The summed E-state index contributed by atoms with van der Waals surface area (Å²) in [5.74, 6) is -1.25. The van der Waals surface area contributed by atoms with Crippen molar-refractivity contribution in [3.63, 3.8) is 0 Å². The number of aromatic nitrogens is 2. The second-order valence-corrected chi connectivity index (χ2v) is 5.56. The average Bonchev–Trinajstić information content (AvgIpc) is 2.92. The predicted octanol–water partition coefficient (Wildman–Crippen LogP) is 3.99. The largest absolute Gasteiger partial charge is 0.457 e. The number of carbonyl (C=O) groups is 1. The number of aryl methyl sites for hydroxylation is 2. The summed E-state index contributed by atoms with van der Waals surface area (Å²) in [5, 5.41) is 4.42. The molecule has 0 unspecified atom stereocenters. The normalized spacial score (nSPS) is 10.6. The zero-order valence-corrected chi connectivity index (χ0v) is 13.5. The molecule has 0 radical (unpaired) electrons. The molecule has 3 rings (SSSR count). The van der Waals surface area contributed by atoms with Crippen LogP contribution in [0.1, 0.15) is 27.3 Å². The molecule has 2 aromatic carbocycles. The zero-order valence-electron chi connectivity index (χ0n) is 13.5. The van der Waals surface area contributed by atoms with Crippen LogP contribution in [-0.2, 0) is 11.3 Å². The number of hydrogen-bond acceptors (Lipinski definition) is 3. The molecule has 4 nitrogen and oxygen atoms in total. The van der Waals surface area contributed by atoms with Crippen LogP contribution < -0.4 is 0 Å². The number of hydrogen-bond donors (Lipinski definition) is 0. The highest BCUT2D eigenvalue weighted by molar-refractivity contribution is 5.89. The monoisotopic (exact) mass is 324 g/mol. The molecule has 0 N–H and O–H groups in total. The van der Waals surface area contributed by atoms with Gasteiger partial charge in [0.05, 0.1) is 16.9 Å². The van der Waals surface area contributed by atoms with Gasteiger partial charge in [0.15, 0.2) is 0 Å². The number of nitrogens with zero attached hydrogens (tertiary/aromatic N) is 2. The number of esters is 1. The lowest BCUT2D eigenvalue weighted by atomic mass is 10.2. The Labute approximate surface area is 139 Å². The summed E-state index contributed by atoms with van der Waals surface area (Å²) in [6, 6.07) is 15.3. The van der Waals surface area contributed by atoms with Crippen LogP contribution in [0.25, 0.3) is 5.69 Å². The first kappa shape index (κ1) is 15.9. The van der Waals surface area contributed by atoms with Gasteiger partial charge in [-0.1, -0.05) is 24.3 Å². The highest BCUT2D eigenvalue weighted by Crippen LogP contribution is 2.15. The minimum absolute atomic E-state index is 0.0586. The van der Waals surface area contributed by atoms with Crippen molar-refractivity contribution >= 4 is 5.97 Å². The van der Waals surface area contributed by atoms with E-state index in [0.717, 1.165) is 22.6 Å². The van der Waals surface area contributed by atoms with Crippen LogP contribution in [0.15, 0.2) is 54.6 Å². The molecule has 3 aromatic rings. The molecule has 0 saturated carbocycles. The maximum absolute atomic E-state index is 13.5. The van der Waals surface area contributed by atoms with Crippen molar-refractivity contribution in [2.45, 2.75) is 20.5 Å². The molecule has 0 aliphatic rings. The fraction of sp³-hybridized carbons (Fsp3) is 0.158. The van der Waals surface area contributed by atoms with Gasteiger partial charge in [-0.2, -0.15) is 5.10 Å². The predicted molar refractivity (Wildman–Crippen MR) is 88.6 cm³/mol. The highest BCUT2D eigenvalue weighted by atomic mass is 19.1. The molecule has 1 aromatic heterocycles. The van der Waals surface area contributed by atoms with Gasteiger partial charge in [0, 0.05) is 5.69 Å². The van der Waals surface area contributed by atoms with E-state index >= 15 is 0 Å². The molecule has 0 fully saturated rings. The van der Waals surface area contributed by atoms with Crippen LogP contribution in [0.4, 0.5) is 4.39 Å². The number of ether oxygens (including phenoxy) is 1. The fourth-order valence-electron chi connectivity index (χ4n) is 2.48. The van der Waals surface area contributed by atoms with Crippen LogP contribution in [0.3, 0.4) is 0 Å². The molecule has 5 heteroatoms. The lowest BCUT2D eigenvalue weighted by Gasteiger charge is -2.08. The average molecular weight is 324 g/mol. The first-order valence-corrected chi connectivity index (χ1v) is 7.59. The molecule has 0 spiro atoms. The van der Waals surface area contributed by atoms with Crippen molar-refractivity contribution in [3.05, 3.63) is 82.9 Å². The van der Waals surface area contributed by atoms with Crippen molar-refractivity contribution in [1.82, 2.24) is 9.78 Å². The van der Waals surface area contributed by atoms with Gasteiger partial charge in [-0.15, -0.1) is 0 Å². The SMILES string of the molecule is Cc1cc(C)n(-c2ccc(COC(=O)c3ccccc3F)cc2)n1. The van der Waals surface area contributed by atoms with Gasteiger partial charge in [-0.3, -0.25) is 0 Å². The van der Waals surface area contributed by atoms with Gasteiger partial charge in [-0.25, -0.2) is 13.9 Å². The van der Waals surface area contributed by atoms with Gasteiger partial charge in [0.25, 0.3) is 0 Å². The van der Waals surface area contributed by atoms with Crippen molar-refractivity contribution in [1.29, 1.82) is 0 Å². The highest BCUT2D eigenvalue weighted by Gasteiger charge is 2.12. The first-order valence-electron chi connectivity index (χ1n) is 7.59. The fourth-order valence-corrected chi connectivity index (χ4v) is 2.48. The first-order chi connectivity index (χ1) is 11.5. The van der Waals surface area contributed by atoms with Crippen LogP contribution >= 0.6 is 0 Å². The number of halogens is 1. The molecular formula is C19H17FN2O2. The van der Waals surface area contributed by atoms with E-state index in [-0.39, 0.29) is 12.2 Å². The Bertz CT molecular complexity index is 869. The van der Waals surface area contributed by atoms with Crippen LogP contribution in [0.5, 0.6) is 0 Å². The second-order valence-electron chi connectivity index (χ2n) is 5.56. The van der Waals surface area contributed by atoms with Crippen molar-refractivity contribution < 1.29 is 13.9 Å². The Morgan fingerprint density at radius 2 is 1.83 bits per heavy atom. The Morgan fingerprint density at radius 1 is 1.12 bits per heavy atom. The van der Waals surface area contributed by atoms with Gasteiger partial charge in [0.1, 0.15) is 12.4 Å². The van der Waals surface area contributed by atoms with Crippen molar-refractivity contribution in [2.75, 3.05) is 0 Å². The van der Waals surface area contributed by atoms with E-state index in [1.807, 2.05) is 48.9 Å². The smallest absolute Gasteiger partial charge is 0.341 e. The summed E-state index contributed by atoms with van der Waals surface area (Å²) in [6.45, 7) is 4.02. The number of rotatable bonds is 4. The maximum Gasteiger partial charge on any atom is 0.341 e. The van der Waals surface area contributed by atoms with Crippen LogP contribution in [-0.4, -0.2) is 15.7 Å². The molecule has 122 valence electrons. The third kappa shape index (κ3) is 3.35. The number of benzene rings is 2. The minimum Gasteiger partial charge on any atom is -0.457 e. The summed E-state index contributed by atoms with van der Waals surface area (Å²) >= 11 is 0. The van der Waals surface area contributed by atoms with Gasteiger partial charge < -0.3 is 4.74 Å². The van der Waals surface area contributed by atoms with E-state index < -0.39 is 11.8 Å². The van der Waals surface area contributed by atoms with Crippen molar-refractivity contribution in [2.24, 2.45) is 0 Å². The molecule has 0 amide bonds. The Morgan fingerprint density at radius 3 is 2.46 bits per heavy atom. The van der Waals surface area contributed by atoms with Gasteiger partial charge >= 0.3 is 5.97 Å². The zero-order chi connectivity index (χ0) is 17.1. The lowest BCUT2D eigenvalue weighted by molar-refractivity contribution is 0.0467. The standard InChI is InChI=1S/C19H17FN2O2/c1-13-11-14(2)22(21-13)16-9-7-15(8-10-16)12-24-19(23)17-5-3-4-6-18(17)20/h3-11H,12H2,1-2H3. The Hall–Kier alpha value is -2.95. The van der Waals surface area contributed by atoms with Gasteiger partial charge in [0.2, 0.25) is 0 Å². The minimum atomic E-state index is -0.671. The Kier molecular flexibility index (Phi) is 4.42. The molecule has 0 aliphatic heterocycles. The maximum atomic E-state index is 13.5. The molecule has 0 atom stereocenters. The van der Waals surface area contributed by atoms with Crippen LogP contribution in [0, 0.1) is 19.7 Å². The third-order valence-electron chi connectivity index (χ3n) is 3.65. The molecule has 0 aliphatic carbocycles. The summed E-state index contributed by atoms with van der Waals surface area (Å²) < 4.78 is 20.6. The van der Waals surface area contributed by atoms with Crippen LogP contribution in [0.2, 0.25) is 0 Å². The quantitative estimate of drug-likeness (QED) is 0.682. The molecule has 0 bridgehead atoms.